The van der Waals surface area contributed by atoms with Crippen molar-refractivity contribution >= 4 is 17.5 Å². The molecule has 35 heavy (non-hydrogen) atoms. The summed E-state index contributed by atoms with van der Waals surface area (Å²) in [5.41, 5.74) is 3.05. The van der Waals surface area contributed by atoms with Crippen molar-refractivity contribution in [3.63, 3.8) is 0 Å². The summed E-state index contributed by atoms with van der Waals surface area (Å²) in [6, 6.07) is 9.39. The molecule has 2 aromatic rings. The molecule has 2 amide bonds. The molecule has 0 aromatic heterocycles. The highest BCUT2D eigenvalue weighted by Crippen LogP contribution is 2.40. The van der Waals surface area contributed by atoms with Gasteiger partial charge >= 0.3 is 0 Å². The number of carbonyl (C=O) groups excluding carboxylic acids is 2. The summed E-state index contributed by atoms with van der Waals surface area (Å²) in [7, 11) is 1.54. The fourth-order valence-corrected chi connectivity index (χ4v) is 3.97. The van der Waals surface area contributed by atoms with Gasteiger partial charge in [0.2, 0.25) is 5.91 Å². The van der Waals surface area contributed by atoms with Crippen molar-refractivity contribution in [3.05, 3.63) is 63.2 Å². The van der Waals surface area contributed by atoms with E-state index in [2.05, 4.69) is 5.48 Å². The Morgan fingerprint density at radius 3 is 2.60 bits per heavy atom. The number of fused-ring (bicyclic) bond motifs is 1. The summed E-state index contributed by atoms with van der Waals surface area (Å²) in [5.74, 6) is 0.265. The van der Waals surface area contributed by atoms with Crippen LogP contribution in [0.25, 0.3) is 0 Å². The first-order valence-electron chi connectivity index (χ1n) is 11.4. The van der Waals surface area contributed by atoms with Crippen LogP contribution in [0.4, 0.5) is 5.69 Å². The molecule has 2 aromatic carbocycles. The molecular formula is C25H31N3O7. The van der Waals surface area contributed by atoms with Crippen LogP contribution in [0, 0.1) is 10.1 Å². The third kappa shape index (κ3) is 6.07. The summed E-state index contributed by atoms with van der Waals surface area (Å²) in [4.78, 5) is 43.8. The molecule has 10 heteroatoms. The molecule has 0 spiro atoms. The van der Waals surface area contributed by atoms with Crippen molar-refractivity contribution in [2.45, 2.75) is 58.7 Å². The number of nitrogens with zero attached hydrogens (tertiary/aromatic N) is 2. The van der Waals surface area contributed by atoms with Crippen molar-refractivity contribution < 1.29 is 28.8 Å². The monoisotopic (exact) mass is 485 g/mol. The van der Waals surface area contributed by atoms with E-state index >= 15 is 0 Å². The van der Waals surface area contributed by atoms with Crippen molar-refractivity contribution in [1.82, 2.24) is 10.4 Å². The lowest BCUT2D eigenvalue weighted by Crippen LogP contribution is -2.35. The molecule has 10 nitrogen and oxygen atoms in total. The van der Waals surface area contributed by atoms with Crippen molar-refractivity contribution in [1.29, 1.82) is 0 Å². The van der Waals surface area contributed by atoms with E-state index in [-0.39, 0.29) is 36.5 Å². The van der Waals surface area contributed by atoms with Crippen LogP contribution >= 0.6 is 0 Å². The Labute approximate surface area is 204 Å². The van der Waals surface area contributed by atoms with E-state index < -0.39 is 22.5 Å². The topological polar surface area (TPSA) is 120 Å². The van der Waals surface area contributed by atoms with Gasteiger partial charge < -0.3 is 14.4 Å². The number of carbonyl (C=O) groups is 2. The summed E-state index contributed by atoms with van der Waals surface area (Å²) in [6.45, 7) is 7.90. The zero-order valence-electron chi connectivity index (χ0n) is 20.6. The smallest absolute Gasteiger partial charge is 0.282 e. The number of ether oxygens (including phenoxy) is 2. The maximum Gasteiger partial charge on any atom is 0.282 e. The van der Waals surface area contributed by atoms with Crippen molar-refractivity contribution in [2.75, 3.05) is 13.7 Å². The summed E-state index contributed by atoms with van der Waals surface area (Å²) >= 11 is 0. The predicted molar refractivity (Wildman–Crippen MR) is 128 cm³/mol. The molecule has 0 unspecified atom stereocenters. The number of amides is 2. The van der Waals surface area contributed by atoms with Crippen LogP contribution in [0.15, 0.2) is 36.4 Å². The molecule has 0 fully saturated rings. The van der Waals surface area contributed by atoms with E-state index in [1.165, 1.54) is 13.2 Å². The van der Waals surface area contributed by atoms with Gasteiger partial charge in [-0.25, -0.2) is 5.48 Å². The van der Waals surface area contributed by atoms with E-state index in [0.29, 0.717) is 23.7 Å². The van der Waals surface area contributed by atoms with Gasteiger partial charge in [-0.3, -0.25) is 24.5 Å². The Balaban J connectivity index is 1.94. The largest absolute Gasteiger partial charge is 0.493 e. The summed E-state index contributed by atoms with van der Waals surface area (Å²) < 4.78 is 11.1. The number of methoxy groups -OCH3 is 1. The van der Waals surface area contributed by atoms with Crippen LogP contribution in [0.5, 0.6) is 11.5 Å². The van der Waals surface area contributed by atoms with Gasteiger partial charge in [0.1, 0.15) is 5.56 Å². The molecule has 0 aliphatic carbocycles. The molecule has 0 saturated heterocycles. The molecule has 1 N–H and O–H groups in total. The van der Waals surface area contributed by atoms with E-state index in [1.54, 1.807) is 35.2 Å². The number of hydrogen-bond acceptors (Lipinski definition) is 7. The lowest BCUT2D eigenvalue weighted by atomic mass is 9.99. The SMILES string of the molecule is CCOc1cc([C@@H](CCC(=O)NOC(C)(C)C)N2Cc3cccc([N+](=O)[O-])c3C2=O)ccc1OC. The Morgan fingerprint density at radius 1 is 1.23 bits per heavy atom. The van der Waals surface area contributed by atoms with Crippen LogP contribution in [0.2, 0.25) is 0 Å². The molecule has 1 heterocycles. The fourth-order valence-electron chi connectivity index (χ4n) is 3.97. The van der Waals surface area contributed by atoms with Gasteiger partial charge in [0.25, 0.3) is 11.6 Å². The number of nitro groups is 1. The molecule has 0 radical (unpaired) electrons. The lowest BCUT2D eigenvalue weighted by molar-refractivity contribution is -0.385. The minimum Gasteiger partial charge on any atom is -0.493 e. The molecule has 0 saturated carbocycles. The number of hydroxylamine groups is 1. The van der Waals surface area contributed by atoms with E-state index in [0.717, 1.165) is 5.56 Å². The first-order chi connectivity index (χ1) is 16.6. The minimum absolute atomic E-state index is 0.0684. The summed E-state index contributed by atoms with van der Waals surface area (Å²) in [5, 5.41) is 11.5. The number of benzene rings is 2. The first kappa shape index (κ1) is 26.0. The molecular weight excluding hydrogens is 454 g/mol. The van der Waals surface area contributed by atoms with Gasteiger partial charge in [0, 0.05) is 19.0 Å². The summed E-state index contributed by atoms with van der Waals surface area (Å²) in [6.07, 6.45) is 0.337. The van der Waals surface area contributed by atoms with E-state index in [1.807, 2.05) is 27.7 Å². The highest BCUT2D eigenvalue weighted by atomic mass is 16.7. The second-order valence-corrected chi connectivity index (χ2v) is 9.14. The van der Waals surface area contributed by atoms with E-state index in [9.17, 15) is 19.7 Å². The van der Waals surface area contributed by atoms with Crippen LogP contribution in [0.3, 0.4) is 0 Å². The zero-order chi connectivity index (χ0) is 25.8. The Kier molecular flexibility index (Phi) is 7.96. The lowest BCUT2D eigenvalue weighted by Gasteiger charge is -2.29. The average Bonchev–Trinajstić information content (AvgIpc) is 3.14. The molecule has 0 bridgehead atoms. The minimum atomic E-state index is -0.553. The number of nitro benzene ring substituents is 1. The van der Waals surface area contributed by atoms with Crippen LogP contribution in [0.1, 0.15) is 68.1 Å². The maximum absolute atomic E-state index is 13.4. The van der Waals surface area contributed by atoms with E-state index in [4.69, 9.17) is 14.3 Å². The maximum atomic E-state index is 13.4. The standard InChI is InChI=1S/C25H31N3O7/c1-6-34-21-14-16(10-12-20(21)33-5)18(11-13-22(29)26-35-25(2,3)4)27-15-17-8-7-9-19(28(31)32)23(17)24(27)30/h7-10,12,14,18H,6,11,13,15H2,1-5H3,(H,26,29)/t18-/m1/s1. The quantitative estimate of drug-likeness (QED) is 0.393. The van der Waals surface area contributed by atoms with Gasteiger partial charge in [-0.1, -0.05) is 18.2 Å². The van der Waals surface area contributed by atoms with Crippen molar-refractivity contribution in [2.24, 2.45) is 0 Å². The molecule has 1 atom stereocenters. The fraction of sp³-hybridized carbons (Fsp3) is 0.440. The number of rotatable bonds is 10. The average molecular weight is 486 g/mol. The van der Waals surface area contributed by atoms with Crippen molar-refractivity contribution in [3.8, 4) is 11.5 Å². The van der Waals surface area contributed by atoms with Crippen LogP contribution in [-0.4, -0.2) is 41.0 Å². The Morgan fingerprint density at radius 2 is 1.97 bits per heavy atom. The normalized spacial score (nSPS) is 13.9. The second kappa shape index (κ2) is 10.7. The van der Waals surface area contributed by atoms with Gasteiger partial charge in [0.05, 0.1) is 30.3 Å². The third-order valence-corrected chi connectivity index (χ3v) is 5.51. The zero-order valence-corrected chi connectivity index (χ0v) is 20.6. The molecule has 188 valence electrons. The van der Waals surface area contributed by atoms with Gasteiger partial charge in [-0.2, -0.15) is 0 Å². The Bertz CT molecular complexity index is 1110. The number of nitrogens with one attached hydrogen (secondary N) is 1. The highest BCUT2D eigenvalue weighted by Gasteiger charge is 2.38. The highest BCUT2D eigenvalue weighted by molar-refractivity contribution is 6.02. The van der Waals surface area contributed by atoms with Gasteiger partial charge in [-0.15, -0.1) is 0 Å². The molecule has 1 aliphatic rings. The predicted octanol–water partition coefficient (Wildman–Crippen LogP) is 4.33. The molecule has 3 rings (SSSR count). The third-order valence-electron chi connectivity index (χ3n) is 5.51. The Hall–Kier alpha value is -3.66. The van der Waals surface area contributed by atoms with Crippen LogP contribution < -0.4 is 15.0 Å². The van der Waals surface area contributed by atoms with Gasteiger partial charge in [-0.05, 0) is 57.4 Å². The molecule has 1 aliphatic heterocycles. The first-order valence-corrected chi connectivity index (χ1v) is 11.4. The second-order valence-electron chi connectivity index (χ2n) is 9.14. The number of hydrogen-bond donors (Lipinski definition) is 1. The van der Waals surface area contributed by atoms with Crippen LogP contribution in [-0.2, 0) is 16.2 Å². The van der Waals surface area contributed by atoms with Gasteiger partial charge in [0.15, 0.2) is 11.5 Å².